The first-order chi connectivity index (χ1) is 16.8. The van der Waals surface area contributed by atoms with Gasteiger partial charge in [-0.05, 0) is 43.5 Å². The molecule has 1 aliphatic heterocycles. The Kier molecular flexibility index (Phi) is 6.95. The quantitative estimate of drug-likeness (QED) is 0.336. The third-order valence-electron chi connectivity index (χ3n) is 6.02. The summed E-state index contributed by atoms with van der Waals surface area (Å²) < 4.78 is 54.4. The topological polar surface area (TPSA) is 90.2 Å². The van der Waals surface area contributed by atoms with Gasteiger partial charge < -0.3 is 15.2 Å². The van der Waals surface area contributed by atoms with E-state index in [1.807, 2.05) is 6.07 Å². The van der Waals surface area contributed by atoms with Crippen molar-refractivity contribution in [1.29, 1.82) is 0 Å². The highest BCUT2D eigenvalue weighted by molar-refractivity contribution is 6.14. The van der Waals surface area contributed by atoms with Crippen LogP contribution in [0.1, 0.15) is 32.5 Å². The molecule has 1 saturated heterocycles. The number of hydrogen-bond acceptors (Lipinski definition) is 6. The molecular formula is C23H27BF4N8. The molecule has 2 N–H and O–H groups in total. The van der Waals surface area contributed by atoms with Crippen LogP contribution >= 0.6 is 0 Å². The van der Waals surface area contributed by atoms with Crippen molar-refractivity contribution in [3.8, 4) is 11.3 Å². The number of nitrogens with two attached hydrogens (primary N) is 1. The van der Waals surface area contributed by atoms with Gasteiger partial charge in [-0.1, -0.05) is 13.8 Å². The van der Waals surface area contributed by atoms with E-state index < -0.39 is 24.3 Å². The summed E-state index contributed by atoms with van der Waals surface area (Å²) in [6, 6.07) is 5.40. The van der Waals surface area contributed by atoms with Crippen LogP contribution in [0.4, 0.5) is 23.5 Å². The van der Waals surface area contributed by atoms with Crippen molar-refractivity contribution in [2.24, 2.45) is 0 Å². The lowest BCUT2D eigenvalue weighted by Gasteiger charge is -2.41. The lowest BCUT2D eigenvalue weighted by molar-refractivity contribution is -0.0769. The first-order valence-corrected chi connectivity index (χ1v) is 11.5. The molecule has 0 aromatic carbocycles. The Morgan fingerprint density at radius 3 is 2.58 bits per heavy atom. The molecule has 4 aromatic heterocycles. The van der Waals surface area contributed by atoms with Crippen LogP contribution < -0.4 is 5.73 Å². The molecule has 4 aromatic rings. The lowest BCUT2D eigenvalue weighted by atomic mass is 9.78. The van der Waals surface area contributed by atoms with Crippen LogP contribution in [-0.2, 0) is 6.54 Å². The van der Waals surface area contributed by atoms with Gasteiger partial charge in [0.2, 0.25) is 5.95 Å². The molecule has 0 unspecified atom stereocenters. The fourth-order valence-corrected chi connectivity index (χ4v) is 4.21. The standard InChI is InChI=1S/C15H13F2N7.C8H14BF2N/c1-8-20-11-3-2-10(21-14(11)23(8)7-13(16)17)9-4-5-24-12(9)6-19-15(18)22-24;1-7(2,9)12-5-3-4-8(10,11)6-12/h2-6,13H,7H2,1H3,(H2,18,22);3-6H2,1-2H3. The molecular weight excluding hydrogens is 475 g/mol. The molecule has 1 fully saturated rings. The molecule has 36 heavy (non-hydrogen) atoms. The molecule has 0 saturated carbocycles. The second-order valence-electron chi connectivity index (χ2n) is 9.41. The maximum absolute atomic E-state index is 12.9. The number of likely N-dealkylation sites (tertiary alicyclic amines) is 1. The minimum atomic E-state index is -2.55. The van der Waals surface area contributed by atoms with Crippen molar-refractivity contribution in [2.75, 3.05) is 18.8 Å². The second-order valence-corrected chi connectivity index (χ2v) is 9.41. The molecule has 0 atom stereocenters. The van der Waals surface area contributed by atoms with Crippen LogP contribution in [0.15, 0.2) is 30.6 Å². The summed E-state index contributed by atoms with van der Waals surface area (Å²) in [5, 5.41) is 4.08. The number of anilines is 1. The molecule has 2 radical (unpaired) electrons. The lowest BCUT2D eigenvalue weighted by Crippen LogP contribution is -2.53. The molecule has 190 valence electrons. The van der Waals surface area contributed by atoms with Crippen LogP contribution in [0.5, 0.6) is 0 Å². The van der Waals surface area contributed by atoms with Gasteiger partial charge in [0, 0.05) is 18.2 Å². The number of nitrogens with zero attached hydrogens (tertiary/aromatic N) is 7. The van der Waals surface area contributed by atoms with E-state index in [-0.39, 0.29) is 18.9 Å². The van der Waals surface area contributed by atoms with E-state index in [2.05, 4.69) is 20.1 Å². The highest BCUT2D eigenvalue weighted by Gasteiger charge is 2.38. The Labute approximate surface area is 206 Å². The van der Waals surface area contributed by atoms with Crippen LogP contribution in [0.2, 0.25) is 0 Å². The number of alkyl halides is 4. The zero-order valence-corrected chi connectivity index (χ0v) is 20.3. The molecule has 1 aliphatic rings. The predicted molar refractivity (Wildman–Crippen MR) is 130 cm³/mol. The molecule has 13 heteroatoms. The molecule has 5 heterocycles. The molecule has 0 amide bonds. The number of fused-ring (bicyclic) bond motifs is 2. The smallest absolute Gasteiger partial charge is 0.260 e. The van der Waals surface area contributed by atoms with E-state index in [9.17, 15) is 17.6 Å². The van der Waals surface area contributed by atoms with Crippen molar-refractivity contribution in [3.05, 3.63) is 36.4 Å². The minimum absolute atomic E-state index is 0.000417. The van der Waals surface area contributed by atoms with Gasteiger partial charge in [-0.3, -0.25) is 0 Å². The normalized spacial score (nSPS) is 16.4. The minimum Gasteiger partial charge on any atom is -0.367 e. The Morgan fingerprint density at radius 1 is 1.19 bits per heavy atom. The Hall–Kier alpha value is -3.22. The van der Waals surface area contributed by atoms with Crippen LogP contribution in [-0.4, -0.2) is 72.8 Å². The number of aromatic nitrogens is 6. The maximum atomic E-state index is 12.9. The van der Waals surface area contributed by atoms with Crippen molar-refractivity contribution in [3.63, 3.8) is 0 Å². The van der Waals surface area contributed by atoms with Gasteiger partial charge in [0.25, 0.3) is 12.3 Å². The van der Waals surface area contributed by atoms with Crippen LogP contribution in [0.3, 0.4) is 0 Å². The third kappa shape index (κ3) is 5.61. The summed E-state index contributed by atoms with van der Waals surface area (Å²) in [7, 11) is 5.72. The maximum Gasteiger partial charge on any atom is 0.260 e. The van der Waals surface area contributed by atoms with E-state index in [0.29, 0.717) is 35.6 Å². The van der Waals surface area contributed by atoms with Gasteiger partial charge in [-0.2, -0.15) is 0 Å². The van der Waals surface area contributed by atoms with Crippen molar-refractivity contribution < 1.29 is 17.6 Å². The fourth-order valence-electron chi connectivity index (χ4n) is 4.21. The van der Waals surface area contributed by atoms with Crippen molar-refractivity contribution in [2.45, 2.75) is 57.9 Å². The van der Waals surface area contributed by atoms with Gasteiger partial charge in [0.1, 0.15) is 11.3 Å². The highest BCUT2D eigenvalue weighted by Crippen LogP contribution is 2.29. The van der Waals surface area contributed by atoms with Gasteiger partial charge in [-0.15, -0.1) is 5.10 Å². The van der Waals surface area contributed by atoms with Gasteiger partial charge in [0.15, 0.2) is 5.65 Å². The van der Waals surface area contributed by atoms with Crippen molar-refractivity contribution in [1.82, 2.24) is 34.0 Å². The van der Waals surface area contributed by atoms with E-state index in [1.54, 1.807) is 54.7 Å². The summed E-state index contributed by atoms with van der Waals surface area (Å²) in [5.74, 6) is -1.87. The number of rotatable bonds is 4. The highest BCUT2D eigenvalue weighted by atomic mass is 19.3. The zero-order valence-electron chi connectivity index (χ0n) is 20.3. The second kappa shape index (κ2) is 9.68. The molecule has 0 aliphatic carbocycles. The van der Waals surface area contributed by atoms with Crippen LogP contribution in [0, 0.1) is 6.92 Å². The monoisotopic (exact) mass is 502 g/mol. The number of nitrogen functional groups attached to an aromatic ring is 1. The summed E-state index contributed by atoms with van der Waals surface area (Å²) in [6.07, 6.45) is 1.41. The Morgan fingerprint density at radius 2 is 1.94 bits per heavy atom. The van der Waals surface area contributed by atoms with Gasteiger partial charge >= 0.3 is 0 Å². The van der Waals surface area contributed by atoms with Crippen LogP contribution in [0.25, 0.3) is 27.9 Å². The summed E-state index contributed by atoms with van der Waals surface area (Å²) >= 11 is 0. The number of aryl methyl sites for hydroxylation is 1. The number of halogens is 4. The van der Waals surface area contributed by atoms with Crippen molar-refractivity contribution >= 4 is 30.5 Å². The molecule has 0 bridgehead atoms. The third-order valence-corrected chi connectivity index (χ3v) is 6.02. The number of pyridine rings is 1. The fraction of sp³-hybridized carbons (Fsp3) is 0.478. The predicted octanol–water partition coefficient (Wildman–Crippen LogP) is 3.92. The van der Waals surface area contributed by atoms with Gasteiger partial charge in [-0.25, -0.2) is 37.0 Å². The van der Waals surface area contributed by atoms with Gasteiger partial charge in [0.05, 0.1) is 38.3 Å². The van der Waals surface area contributed by atoms with E-state index in [4.69, 9.17) is 13.6 Å². The average Bonchev–Trinajstić information content (AvgIpc) is 3.32. The van der Waals surface area contributed by atoms with E-state index in [1.165, 1.54) is 4.57 Å². The summed E-state index contributed by atoms with van der Waals surface area (Å²) in [4.78, 5) is 14.4. The Bertz CT molecular complexity index is 1360. The summed E-state index contributed by atoms with van der Waals surface area (Å²) in [6.45, 7) is 5.25. The first kappa shape index (κ1) is 25.9. The summed E-state index contributed by atoms with van der Waals surface area (Å²) in [5.41, 5.74) is 8.12. The SMILES string of the molecule is Cc1nc2ccc(-c3ccn4nc(N)ncc34)nc2n1CC(F)F.[B]C(C)(C)N1CCCC(F)(F)C1. The number of piperidine rings is 1. The largest absolute Gasteiger partial charge is 0.367 e. The number of hydrogen-bond donors (Lipinski definition) is 1. The first-order valence-electron chi connectivity index (χ1n) is 11.5. The average molecular weight is 502 g/mol. The van der Waals surface area contributed by atoms with E-state index in [0.717, 1.165) is 11.1 Å². The zero-order chi connectivity index (χ0) is 26.3. The molecule has 5 rings (SSSR count). The Balaban J connectivity index is 0.000000214. The molecule has 0 spiro atoms. The number of imidazole rings is 1. The molecule has 8 nitrogen and oxygen atoms in total. The van der Waals surface area contributed by atoms with E-state index >= 15 is 0 Å².